The first kappa shape index (κ1) is 29.3. The zero-order chi connectivity index (χ0) is 27.9. The number of carbonyl (C=O) groups excluding carboxylic acids is 3. The number of rotatable bonds is 11. The van der Waals surface area contributed by atoms with Crippen molar-refractivity contribution in [3.63, 3.8) is 0 Å². The molecule has 0 saturated heterocycles. The van der Waals surface area contributed by atoms with E-state index in [9.17, 15) is 37.7 Å². The van der Waals surface area contributed by atoms with Gasteiger partial charge in [0.25, 0.3) is 5.69 Å². The van der Waals surface area contributed by atoms with Gasteiger partial charge in [-0.15, -0.1) is 0 Å². The Kier molecular flexibility index (Phi) is 9.78. The molecule has 0 heterocycles. The first-order valence-electron chi connectivity index (χ1n) is 10.7. The molecule has 0 aromatic heterocycles. The van der Waals surface area contributed by atoms with E-state index in [4.69, 9.17) is 25.8 Å². The third-order valence-corrected chi connectivity index (χ3v) is 5.11. The minimum absolute atomic E-state index is 0.0491. The fraction of sp³-hybridized carbons (Fsp3) is 0.292. The summed E-state index contributed by atoms with van der Waals surface area (Å²) in [5.74, 6) is -4.78. The van der Waals surface area contributed by atoms with Crippen molar-refractivity contribution in [1.29, 1.82) is 0 Å². The predicted molar refractivity (Wildman–Crippen MR) is 124 cm³/mol. The molecule has 0 radical (unpaired) electrons. The maximum absolute atomic E-state index is 13.1. The van der Waals surface area contributed by atoms with Crippen LogP contribution in [0, 0.1) is 16.0 Å². The van der Waals surface area contributed by atoms with Crippen molar-refractivity contribution in [1.82, 2.24) is 0 Å². The second-order valence-corrected chi connectivity index (χ2v) is 7.78. The van der Waals surface area contributed by atoms with Crippen LogP contribution in [-0.4, -0.2) is 35.9 Å². The molecule has 0 saturated carbocycles. The van der Waals surface area contributed by atoms with E-state index in [-0.39, 0.29) is 30.3 Å². The lowest BCUT2D eigenvalue weighted by atomic mass is 9.93. The molecule has 198 valence electrons. The Morgan fingerprint density at radius 2 is 1.65 bits per heavy atom. The minimum Gasteiger partial charge on any atom is -0.465 e. The smallest absolute Gasteiger partial charge is 0.416 e. The zero-order valence-corrected chi connectivity index (χ0v) is 20.4. The third-order valence-electron chi connectivity index (χ3n) is 4.81. The summed E-state index contributed by atoms with van der Waals surface area (Å²) in [6.07, 6.45) is -5.18. The highest BCUT2D eigenvalue weighted by Crippen LogP contribution is 2.37. The van der Waals surface area contributed by atoms with E-state index in [0.717, 1.165) is 30.3 Å². The SMILES string of the molecule is C=C(CC(C(=O)OCC)C(=O)OCC)C(=O)c1cc(Oc2ccc(C(F)(F)F)cc2Cl)ccc1[N+](=O)[O-]. The molecule has 13 heteroatoms. The van der Waals surface area contributed by atoms with Crippen molar-refractivity contribution in [2.24, 2.45) is 5.92 Å². The molecule has 0 aliphatic heterocycles. The van der Waals surface area contributed by atoms with E-state index >= 15 is 0 Å². The summed E-state index contributed by atoms with van der Waals surface area (Å²) in [6, 6.07) is 5.36. The molecule has 0 unspecified atom stereocenters. The van der Waals surface area contributed by atoms with Gasteiger partial charge in [0.15, 0.2) is 11.7 Å². The van der Waals surface area contributed by atoms with Gasteiger partial charge in [0, 0.05) is 6.07 Å². The summed E-state index contributed by atoms with van der Waals surface area (Å²) < 4.78 is 53.8. The van der Waals surface area contributed by atoms with Crippen LogP contribution in [0.4, 0.5) is 18.9 Å². The van der Waals surface area contributed by atoms with Crippen molar-refractivity contribution in [2.75, 3.05) is 13.2 Å². The van der Waals surface area contributed by atoms with Gasteiger partial charge in [-0.2, -0.15) is 13.2 Å². The lowest BCUT2D eigenvalue weighted by Gasteiger charge is -2.15. The molecule has 0 aliphatic rings. The molecule has 2 rings (SSSR count). The van der Waals surface area contributed by atoms with Gasteiger partial charge in [0.2, 0.25) is 0 Å². The second-order valence-electron chi connectivity index (χ2n) is 7.37. The number of nitro benzene ring substituents is 1. The van der Waals surface area contributed by atoms with Crippen LogP contribution >= 0.6 is 11.6 Å². The van der Waals surface area contributed by atoms with Crippen LogP contribution in [0.2, 0.25) is 5.02 Å². The van der Waals surface area contributed by atoms with E-state index in [1.807, 2.05) is 0 Å². The Morgan fingerprint density at radius 3 is 2.14 bits per heavy atom. The maximum Gasteiger partial charge on any atom is 0.416 e. The predicted octanol–water partition coefficient (Wildman–Crippen LogP) is 5.93. The average Bonchev–Trinajstić information content (AvgIpc) is 2.82. The number of nitrogens with zero attached hydrogens (tertiary/aromatic N) is 1. The fourth-order valence-electron chi connectivity index (χ4n) is 3.08. The summed E-state index contributed by atoms with van der Waals surface area (Å²) in [5.41, 5.74) is -2.49. The summed E-state index contributed by atoms with van der Waals surface area (Å²) in [7, 11) is 0. The molecule has 2 aromatic carbocycles. The number of ketones is 1. The van der Waals surface area contributed by atoms with Crippen molar-refractivity contribution in [3.8, 4) is 11.5 Å². The number of esters is 2. The second kappa shape index (κ2) is 12.3. The Balaban J connectivity index is 2.38. The Bertz CT molecular complexity index is 1210. The van der Waals surface area contributed by atoms with Crippen LogP contribution in [0.25, 0.3) is 0 Å². The van der Waals surface area contributed by atoms with Crippen molar-refractivity contribution < 1.29 is 46.7 Å². The van der Waals surface area contributed by atoms with E-state index in [1.54, 1.807) is 0 Å². The maximum atomic E-state index is 13.1. The molecule has 0 aliphatic carbocycles. The Morgan fingerprint density at radius 1 is 1.05 bits per heavy atom. The minimum atomic E-state index is -4.64. The molecule has 37 heavy (non-hydrogen) atoms. The standard InChI is InChI=1S/C24H21ClF3NO8/c1-4-35-22(31)17(23(32)36-5-2)10-13(3)21(30)16-12-15(7-8-19(16)29(33)34)37-20-9-6-14(11-18(20)25)24(26,27)28/h6-9,11-12,17H,3-5,10H2,1-2H3. The number of halogens is 4. The summed E-state index contributed by atoms with van der Waals surface area (Å²) in [6.45, 7) is 6.49. The molecule has 2 aromatic rings. The van der Waals surface area contributed by atoms with Crippen LogP contribution in [0.5, 0.6) is 11.5 Å². The lowest BCUT2D eigenvalue weighted by Crippen LogP contribution is -2.29. The number of allylic oxidation sites excluding steroid dienone is 1. The van der Waals surface area contributed by atoms with Gasteiger partial charge < -0.3 is 14.2 Å². The first-order valence-corrected chi connectivity index (χ1v) is 11.1. The van der Waals surface area contributed by atoms with Crippen molar-refractivity contribution in [3.05, 3.63) is 74.8 Å². The van der Waals surface area contributed by atoms with Crippen LogP contribution < -0.4 is 4.74 Å². The molecular formula is C24H21ClF3NO8. The number of hydrogen-bond acceptors (Lipinski definition) is 8. The Hall–Kier alpha value is -3.93. The molecule has 0 fully saturated rings. The highest BCUT2D eigenvalue weighted by Gasteiger charge is 2.34. The Labute approximate surface area is 213 Å². The van der Waals surface area contributed by atoms with Crippen molar-refractivity contribution >= 4 is 35.0 Å². The lowest BCUT2D eigenvalue weighted by molar-refractivity contribution is -0.385. The fourth-order valence-corrected chi connectivity index (χ4v) is 3.30. The van der Waals surface area contributed by atoms with Crippen LogP contribution in [0.1, 0.15) is 36.2 Å². The van der Waals surface area contributed by atoms with E-state index in [1.165, 1.54) is 13.8 Å². The van der Waals surface area contributed by atoms with Crippen molar-refractivity contribution in [2.45, 2.75) is 26.4 Å². The molecule has 0 bridgehead atoms. The molecule has 0 N–H and O–H groups in total. The normalized spacial score (nSPS) is 11.1. The molecular weight excluding hydrogens is 523 g/mol. The van der Waals surface area contributed by atoms with E-state index in [2.05, 4.69) is 6.58 Å². The van der Waals surface area contributed by atoms with Crippen LogP contribution in [0.15, 0.2) is 48.6 Å². The summed E-state index contributed by atoms with van der Waals surface area (Å²) in [4.78, 5) is 48.2. The number of nitro groups is 1. The largest absolute Gasteiger partial charge is 0.465 e. The molecule has 0 atom stereocenters. The van der Waals surface area contributed by atoms with Gasteiger partial charge in [-0.25, -0.2) is 0 Å². The monoisotopic (exact) mass is 543 g/mol. The number of hydrogen-bond donors (Lipinski definition) is 0. The summed E-state index contributed by atoms with van der Waals surface area (Å²) >= 11 is 5.89. The van der Waals surface area contributed by atoms with E-state index < -0.39 is 63.0 Å². The van der Waals surface area contributed by atoms with Gasteiger partial charge in [0.1, 0.15) is 17.1 Å². The molecule has 9 nitrogen and oxygen atoms in total. The first-order chi connectivity index (χ1) is 17.3. The highest BCUT2D eigenvalue weighted by molar-refractivity contribution is 6.32. The topological polar surface area (TPSA) is 122 Å². The summed E-state index contributed by atoms with van der Waals surface area (Å²) in [5, 5.41) is 11.1. The number of benzene rings is 2. The molecule has 0 amide bonds. The van der Waals surface area contributed by atoms with Gasteiger partial charge in [-0.1, -0.05) is 18.2 Å². The number of Topliss-reactive ketones (excluding diaryl/α,β-unsaturated/α-hetero) is 1. The van der Waals surface area contributed by atoms with E-state index in [0.29, 0.717) is 6.07 Å². The van der Waals surface area contributed by atoms with Gasteiger partial charge in [-0.05, 0) is 56.2 Å². The average molecular weight is 544 g/mol. The zero-order valence-electron chi connectivity index (χ0n) is 19.6. The third kappa shape index (κ3) is 7.53. The highest BCUT2D eigenvalue weighted by atomic mass is 35.5. The number of ether oxygens (including phenoxy) is 3. The van der Waals surface area contributed by atoms with Crippen LogP contribution in [-0.2, 0) is 25.2 Å². The quantitative estimate of drug-likeness (QED) is 0.0853. The van der Waals surface area contributed by atoms with Gasteiger partial charge in [0.05, 0.1) is 28.7 Å². The number of alkyl halides is 3. The van der Waals surface area contributed by atoms with Crippen LogP contribution in [0.3, 0.4) is 0 Å². The molecule has 0 spiro atoms. The van der Waals surface area contributed by atoms with Gasteiger partial charge in [-0.3, -0.25) is 24.5 Å². The number of carbonyl (C=O) groups is 3. The van der Waals surface area contributed by atoms with Gasteiger partial charge >= 0.3 is 18.1 Å².